The van der Waals surface area contributed by atoms with E-state index in [9.17, 15) is 0 Å². The first-order valence-corrected chi connectivity index (χ1v) is 10.5. The third-order valence-corrected chi connectivity index (χ3v) is 6.21. The highest BCUT2D eigenvalue weighted by Gasteiger charge is 2.31. The van der Waals surface area contributed by atoms with Gasteiger partial charge in [-0.2, -0.15) is 15.3 Å². The number of ether oxygens (including phenoxy) is 1. The number of aromatic nitrogens is 4. The number of nitriles is 1. The fraction of sp³-hybridized carbons (Fsp3) is 0.600. The standard InChI is InChI=1S/C20H26ClN7O/c1-12-18(10-28(27-12)16-6-14(7-16)8-22)25-20-24-9-17(21)19(26-20)29-11-13-3-4-15(5-13)23-2/h9-10,13-16,23H,3-7,11H2,1-2H3,(H,24,25,26)/t13-,14?,15+,16?/m1/s1. The van der Waals surface area contributed by atoms with Gasteiger partial charge in [0.1, 0.15) is 5.02 Å². The van der Waals surface area contributed by atoms with Crippen molar-refractivity contribution in [2.75, 3.05) is 19.0 Å². The quantitative estimate of drug-likeness (QED) is 0.712. The highest BCUT2D eigenvalue weighted by atomic mass is 35.5. The molecule has 4 rings (SSSR count). The highest BCUT2D eigenvalue weighted by Crippen LogP contribution is 2.38. The third kappa shape index (κ3) is 4.46. The largest absolute Gasteiger partial charge is 0.476 e. The molecule has 0 aromatic carbocycles. The Morgan fingerprint density at radius 3 is 2.90 bits per heavy atom. The number of hydrogen-bond donors (Lipinski definition) is 2. The van der Waals surface area contributed by atoms with E-state index in [2.05, 4.69) is 31.8 Å². The second kappa shape index (κ2) is 8.56. The van der Waals surface area contributed by atoms with Gasteiger partial charge in [-0.05, 0) is 52.0 Å². The average molecular weight is 416 g/mol. The summed E-state index contributed by atoms with van der Waals surface area (Å²) in [5, 5.41) is 20.5. The molecule has 2 fully saturated rings. The minimum absolute atomic E-state index is 0.142. The van der Waals surface area contributed by atoms with E-state index < -0.39 is 0 Å². The Labute approximate surface area is 175 Å². The van der Waals surface area contributed by atoms with Crippen LogP contribution in [0.25, 0.3) is 0 Å². The van der Waals surface area contributed by atoms with Crippen LogP contribution in [-0.4, -0.2) is 39.4 Å². The minimum Gasteiger partial charge on any atom is -0.476 e. The van der Waals surface area contributed by atoms with Gasteiger partial charge in [-0.15, -0.1) is 0 Å². The van der Waals surface area contributed by atoms with Crippen molar-refractivity contribution in [3.63, 3.8) is 0 Å². The van der Waals surface area contributed by atoms with Crippen molar-refractivity contribution in [1.29, 1.82) is 5.26 Å². The van der Waals surface area contributed by atoms with E-state index in [4.69, 9.17) is 21.6 Å². The van der Waals surface area contributed by atoms with Gasteiger partial charge in [0.05, 0.1) is 42.2 Å². The Morgan fingerprint density at radius 2 is 2.17 bits per heavy atom. The van der Waals surface area contributed by atoms with Gasteiger partial charge in [0.2, 0.25) is 11.8 Å². The number of nitrogens with zero attached hydrogens (tertiary/aromatic N) is 5. The van der Waals surface area contributed by atoms with Crippen molar-refractivity contribution >= 4 is 23.2 Å². The minimum atomic E-state index is 0.142. The molecule has 0 saturated heterocycles. The number of nitrogens with one attached hydrogen (secondary N) is 2. The van der Waals surface area contributed by atoms with Crippen molar-refractivity contribution in [3.05, 3.63) is 23.1 Å². The number of aryl methyl sites for hydroxylation is 1. The topological polar surface area (TPSA) is 101 Å². The summed E-state index contributed by atoms with van der Waals surface area (Å²) in [5.74, 6) is 1.48. The van der Waals surface area contributed by atoms with Gasteiger partial charge in [-0.25, -0.2) is 4.98 Å². The molecule has 2 aromatic heterocycles. The summed E-state index contributed by atoms with van der Waals surface area (Å²) < 4.78 is 7.84. The van der Waals surface area contributed by atoms with E-state index in [1.165, 1.54) is 6.42 Å². The molecule has 0 radical (unpaired) electrons. The van der Waals surface area contributed by atoms with Crippen LogP contribution in [0.4, 0.5) is 11.6 Å². The molecule has 0 bridgehead atoms. The molecular formula is C20H26ClN7O. The number of halogens is 1. The summed E-state index contributed by atoms with van der Waals surface area (Å²) in [7, 11) is 2.00. The Hall–Kier alpha value is -2.37. The fourth-order valence-corrected chi connectivity index (χ4v) is 4.16. The van der Waals surface area contributed by atoms with Gasteiger partial charge in [0.15, 0.2) is 0 Å². The molecule has 154 valence electrons. The SMILES string of the molecule is CN[C@H]1CC[C@@H](COc2nc(Nc3cn(C4CC(C#N)C4)nc3C)ncc2Cl)C1. The monoisotopic (exact) mass is 415 g/mol. The molecular weight excluding hydrogens is 390 g/mol. The Balaban J connectivity index is 1.39. The van der Waals surface area contributed by atoms with Crippen molar-refractivity contribution in [2.45, 2.75) is 51.1 Å². The van der Waals surface area contributed by atoms with Gasteiger partial charge in [-0.3, -0.25) is 4.68 Å². The van der Waals surface area contributed by atoms with Crippen LogP contribution in [0.3, 0.4) is 0 Å². The molecule has 0 spiro atoms. The smallest absolute Gasteiger partial charge is 0.237 e. The van der Waals surface area contributed by atoms with E-state index in [0.29, 0.717) is 35.4 Å². The molecule has 0 unspecified atom stereocenters. The van der Waals surface area contributed by atoms with Crippen LogP contribution in [-0.2, 0) is 0 Å². The zero-order valence-electron chi connectivity index (χ0n) is 16.7. The van der Waals surface area contributed by atoms with E-state index >= 15 is 0 Å². The Bertz CT molecular complexity index is 903. The predicted octanol–water partition coefficient (Wildman–Crippen LogP) is 3.62. The predicted molar refractivity (Wildman–Crippen MR) is 110 cm³/mol. The van der Waals surface area contributed by atoms with E-state index in [1.807, 2.05) is 24.9 Å². The molecule has 2 aliphatic rings. The summed E-state index contributed by atoms with van der Waals surface area (Å²) in [5.41, 5.74) is 1.70. The van der Waals surface area contributed by atoms with Crippen LogP contribution in [0.2, 0.25) is 5.02 Å². The summed E-state index contributed by atoms with van der Waals surface area (Å²) in [6.45, 7) is 2.54. The van der Waals surface area contributed by atoms with Gasteiger partial charge in [0, 0.05) is 12.2 Å². The second-order valence-corrected chi connectivity index (χ2v) is 8.41. The summed E-state index contributed by atoms with van der Waals surface area (Å²) in [6.07, 6.45) is 8.63. The lowest BCUT2D eigenvalue weighted by molar-refractivity contribution is 0.229. The summed E-state index contributed by atoms with van der Waals surface area (Å²) in [4.78, 5) is 8.72. The first-order valence-electron chi connectivity index (χ1n) is 10.1. The summed E-state index contributed by atoms with van der Waals surface area (Å²) in [6, 6.07) is 3.16. The number of rotatable bonds is 7. The average Bonchev–Trinajstić information content (AvgIpc) is 3.28. The van der Waals surface area contributed by atoms with Crippen LogP contribution in [0.15, 0.2) is 12.4 Å². The maximum atomic E-state index is 8.96. The molecule has 2 aromatic rings. The maximum absolute atomic E-state index is 8.96. The second-order valence-electron chi connectivity index (χ2n) is 8.01. The lowest BCUT2D eigenvalue weighted by Crippen LogP contribution is -2.26. The molecule has 8 nitrogen and oxygen atoms in total. The van der Waals surface area contributed by atoms with Gasteiger partial charge < -0.3 is 15.4 Å². The molecule has 9 heteroatoms. The fourth-order valence-electron chi connectivity index (χ4n) is 4.02. The Kier molecular flexibility index (Phi) is 5.88. The van der Waals surface area contributed by atoms with E-state index in [0.717, 1.165) is 37.1 Å². The Morgan fingerprint density at radius 1 is 1.34 bits per heavy atom. The van der Waals surface area contributed by atoms with Crippen molar-refractivity contribution in [2.24, 2.45) is 11.8 Å². The zero-order chi connectivity index (χ0) is 20.4. The maximum Gasteiger partial charge on any atom is 0.237 e. The van der Waals surface area contributed by atoms with Gasteiger partial charge in [-0.1, -0.05) is 11.6 Å². The number of hydrogen-bond acceptors (Lipinski definition) is 7. The molecule has 29 heavy (non-hydrogen) atoms. The molecule has 2 atom stereocenters. The van der Waals surface area contributed by atoms with Crippen LogP contribution in [0, 0.1) is 30.1 Å². The highest BCUT2D eigenvalue weighted by molar-refractivity contribution is 6.31. The first-order chi connectivity index (χ1) is 14.1. The zero-order valence-corrected chi connectivity index (χ0v) is 17.5. The van der Waals surface area contributed by atoms with Gasteiger partial charge >= 0.3 is 0 Å². The number of anilines is 2. The van der Waals surface area contributed by atoms with Crippen molar-refractivity contribution < 1.29 is 4.74 Å². The van der Waals surface area contributed by atoms with Crippen LogP contribution in [0.5, 0.6) is 5.88 Å². The van der Waals surface area contributed by atoms with Crippen molar-refractivity contribution in [3.8, 4) is 11.9 Å². The lowest BCUT2D eigenvalue weighted by Gasteiger charge is -2.30. The van der Waals surface area contributed by atoms with Gasteiger partial charge in [0.25, 0.3) is 0 Å². The summed E-state index contributed by atoms with van der Waals surface area (Å²) >= 11 is 6.24. The van der Waals surface area contributed by atoms with Crippen LogP contribution < -0.4 is 15.4 Å². The molecule has 2 saturated carbocycles. The van der Waals surface area contributed by atoms with Crippen molar-refractivity contribution in [1.82, 2.24) is 25.1 Å². The third-order valence-electron chi connectivity index (χ3n) is 5.95. The molecule has 2 aliphatic carbocycles. The van der Waals surface area contributed by atoms with Crippen LogP contribution >= 0.6 is 11.6 Å². The molecule has 2 heterocycles. The van der Waals surface area contributed by atoms with E-state index in [-0.39, 0.29) is 12.0 Å². The van der Waals surface area contributed by atoms with E-state index in [1.54, 1.807) is 6.20 Å². The first kappa shape index (κ1) is 19.9. The van der Waals surface area contributed by atoms with Crippen LogP contribution in [0.1, 0.15) is 43.8 Å². The molecule has 0 aliphatic heterocycles. The normalized spacial score (nSPS) is 26.0. The molecule has 0 amide bonds. The molecule has 2 N–H and O–H groups in total. The lowest BCUT2D eigenvalue weighted by atomic mass is 9.81.